The Bertz CT molecular complexity index is 782. The zero-order valence-corrected chi connectivity index (χ0v) is 16.7. The van der Waals surface area contributed by atoms with Crippen LogP contribution in [0.1, 0.15) is 45.1 Å². The van der Waals surface area contributed by atoms with Gasteiger partial charge in [0.25, 0.3) is 0 Å². The third kappa shape index (κ3) is 4.77. The van der Waals surface area contributed by atoms with Crippen molar-refractivity contribution in [3.8, 4) is 0 Å². The van der Waals surface area contributed by atoms with Crippen molar-refractivity contribution in [3.63, 3.8) is 0 Å². The molecule has 3 rings (SSSR count). The number of anilines is 1. The first-order valence-corrected chi connectivity index (χ1v) is 9.90. The lowest BCUT2D eigenvalue weighted by Gasteiger charge is -2.32. The molecule has 1 saturated heterocycles. The molecule has 2 N–H and O–H groups in total. The molecule has 1 aromatic heterocycles. The van der Waals surface area contributed by atoms with Gasteiger partial charge < -0.3 is 10.5 Å². The van der Waals surface area contributed by atoms with Gasteiger partial charge in [-0.25, -0.2) is 9.37 Å². The first-order valence-electron chi connectivity index (χ1n) is 9.52. The maximum Gasteiger partial charge on any atom is 0.144 e. The first-order chi connectivity index (χ1) is 12.9. The fraction of sp³-hybridized carbons (Fsp3) is 0.524. The van der Waals surface area contributed by atoms with Crippen LogP contribution in [-0.4, -0.2) is 30.5 Å². The van der Waals surface area contributed by atoms with Crippen LogP contribution in [0.4, 0.5) is 10.2 Å². The van der Waals surface area contributed by atoms with Gasteiger partial charge in [0.1, 0.15) is 11.6 Å². The summed E-state index contributed by atoms with van der Waals surface area (Å²) in [6, 6.07) is 1.76. The Morgan fingerprint density at radius 1 is 1.37 bits per heavy atom. The molecule has 1 aliphatic carbocycles. The molecule has 1 unspecified atom stereocenters. The van der Waals surface area contributed by atoms with Crippen molar-refractivity contribution in [2.45, 2.75) is 39.5 Å². The summed E-state index contributed by atoms with van der Waals surface area (Å²) < 4.78 is 20.2. The van der Waals surface area contributed by atoms with Gasteiger partial charge in [-0.05, 0) is 54.7 Å². The van der Waals surface area contributed by atoms with Gasteiger partial charge in [-0.2, -0.15) is 0 Å². The normalized spacial score (nSPS) is 24.3. The molecule has 146 valence electrons. The molecule has 1 fully saturated rings. The quantitative estimate of drug-likeness (QED) is 0.763. The smallest absolute Gasteiger partial charge is 0.144 e. The number of halogens is 2. The average molecular weight is 392 g/mol. The van der Waals surface area contributed by atoms with Crippen molar-refractivity contribution in [2.24, 2.45) is 16.3 Å². The predicted molar refractivity (Wildman–Crippen MR) is 110 cm³/mol. The summed E-state index contributed by atoms with van der Waals surface area (Å²) in [6.07, 6.45) is 8.19. The molecule has 1 atom stereocenters. The van der Waals surface area contributed by atoms with Crippen molar-refractivity contribution in [2.75, 3.05) is 25.5 Å². The lowest BCUT2D eigenvalue weighted by Crippen LogP contribution is -2.29. The molecule has 1 aromatic rings. The van der Waals surface area contributed by atoms with Crippen LogP contribution in [0.3, 0.4) is 0 Å². The lowest BCUT2D eigenvalue weighted by molar-refractivity contribution is 0.0283. The summed E-state index contributed by atoms with van der Waals surface area (Å²) in [7, 11) is 0. The molecule has 0 aromatic carbocycles. The molecule has 0 spiro atoms. The number of aliphatic imine (C=N–C) groups is 1. The maximum absolute atomic E-state index is 14.8. The topological polar surface area (TPSA) is 60.5 Å². The first kappa shape index (κ1) is 20.0. The Balaban J connectivity index is 1.85. The van der Waals surface area contributed by atoms with Gasteiger partial charge in [0.05, 0.1) is 10.7 Å². The number of allylic oxidation sites excluding steroid dienone is 4. The molecule has 1 aliphatic heterocycles. The van der Waals surface area contributed by atoms with E-state index in [1.807, 2.05) is 6.08 Å². The van der Waals surface area contributed by atoms with E-state index in [4.69, 9.17) is 27.1 Å². The largest absolute Gasteiger partial charge is 0.384 e. The number of nitrogens with two attached hydrogens (primary N) is 1. The van der Waals surface area contributed by atoms with Gasteiger partial charge >= 0.3 is 0 Å². The van der Waals surface area contributed by atoms with Crippen molar-refractivity contribution < 1.29 is 9.13 Å². The van der Waals surface area contributed by atoms with Gasteiger partial charge in [0.2, 0.25) is 0 Å². The number of hydrogen-bond acceptors (Lipinski definition) is 4. The second kappa shape index (κ2) is 8.53. The average Bonchev–Trinajstić information content (AvgIpc) is 2.81. The minimum absolute atomic E-state index is 0.0820. The standard InChI is InChI=1S/C21H27ClFN3O/c1-3-14-10-19(26-13-21(2)6-8-27-9-7-21)18(23)5-4-15(14)16-11-20(24)25-12-17(16)22/h4-5,11-12,14H,3,6-10,13H2,1-2H3,(H2,24,25). The second-order valence-electron chi connectivity index (χ2n) is 7.72. The number of rotatable bonds is 4. The second-order valence-corrected chi connectivity index (χ2v) is 8.13. The third-order valence-corrected chi connectivity index (χ3v) is 5.90. The number of hydrogen-bond donors (Lipinski definition) is 1. The Morgan fingerprint density at radius 3 is 2.81 bits per heavy atom. The van der Waals surface area contributed by atoms with Gasteiger partial charge in [0, 0.05) is 31.5 Å². The molecule has 6 heteroatoms. The van der Waals surface area contributed by atoms with Crippen molar-refractivity contribution in [1.29, 1.82) is 0 Å². The highest BCUT2D eigenvalue weighted by Crippen LogP contribution is 2.37. The minimum Gasteiger partial charge on any atom is -0.384 e. The minimum atomic E-state index is -0.266. The van der Waals surface area contributed by atoms with Crippen molar-refractivity contribution in [1.82, 2.24) is 4.98 Å². The van der Waals surface area contributed by atoms with Crippen LogP contribution in [0.15, 0.2) is 35.2 Å². The lowest BCUT2D eigenvalue weighted by atomic mass is 9.82. The molecule has 0 amide bonds. The fourth-order valence-electron chi connectivity index (χ4n) is 3.63. The van der Waals surface area contributed by atoms with Crippen LogP contribution in [0.2, 0.25) is 5.02 Å². The van der Waals surface area contributed by atoms with E-state index in [1.54, 1.807) is 12.3 Å². The molecule has 27 heavy (non-hydrogen) atoms. The predicted octanol–water partition coefficient (Wildman–Crippen LogP) is 5.24. The highest BCUT2D eigenvalue weighted by Gasteiger charge is 2.28. The van der Waals surface area contributed by atoms with E-state index in [0.717, 1.165) is 43.6 Å². The van der Waals surface area contributed by atoms with Crippen LogP contribution in [-0.2, 0) is 4.74 Å². The van der Waals surface area contributed by atoms with Gasteiger partial charge in [-0.15, -0.1) is 0 Å². The highest BCUT2D eigenvalue weighted by atomic mass is 35.5. The zero-order valence-electron chi connectivity index (χ0n) is 16.0. The Morgan fingerprint density at radius 2 is 2.11 bits per heavy atom. The Labute approximate surface area is 165 Å². The van der Waals surface area contributed by atoms with Crippen molar-refractivity contribution >= 4 is 28.7 Å². The zero-order chi connectivity index (χ0) is 19.4. The van der Waals surface area contributed by atoms with Crippen LogP contribution >= 0.6 is 11.6 Å². The Hall–Kier alpha value is -1.72. The molecule has 2 aliphatic rings. The number of pyridine rings is 1. The summed E-state index contributed by atoms with van der Waals surface area (Å²) in [5.41, 5.74) is 8.26. The maximum atomic E-state index is 14.8. The molecular formula is C21H27ClFN3O. The molecular weight excluding hydrogens is 365 g/mol. The molecule has 0 radical (unpaired) electrons. The molecule has 2 heterocycles. The number of ether oxygens (including phenoxy) is 1. The summed E-state index contributed by atoms with van der Waals surface area (Å²) in [5, 5.41) is 0.526. The third-order valence-electron chi connectivity index (χ3n) is 5.60. The fourth-order valence-corrected chi connectivity index (χ4v) is 3.85. The molecule has 4 nitrogen and oxygen atoms in total. The van der Waals surface area contributed by atoms with E-state index in [-0.39, 0.29) is 17.2 Å². The summed E-state index contributed by atoms with van der Waals surface area (Å²) in [6.45, 7) is 6.44. The number of aromatic nitrogens is 1. The monoisotopic (exact) mass is 391 g/mol. The molecule has 0 saturated carbocycles. The van der Waals surface area contributed by atoms with Crippen LogP contribution in [0, 0.1) is 11.3 Å². The van der Waals surface area contributed by atoms with E-state index in [2.05, 4.69) is 18.8 Å². The summed E-state index contributed by atoms with van der Waals surface area (Å²) in [4.78, 5) is 8.72. The molecule has 0 bridgehead atoms. The highest BCUT2D eigenvalue weighted by molar-refractivity contribution is 6.32. The van der Waals surface area contributed by atoms with E-state index in [0.29, 0.717) is 29.5 Å². The van der Waals surface area contributed by atoms with Crippen LogP contribution in [0.5, 0.6) is 0 Å². The van der Waals surface area contributed by atoms with E-state index >= 15 is 0 Å². The van der Waals surface area contributed by atoms with Gasteiger partial charge in [-0.1, -0.05) is 31.5 Å². The van der Waals surface area contributed by atoms with Gasteiger partial charge in [0.15, 0.2) is 0 Å². The van der Waals surface area contributed by atoms with E-state index in [1.165, 1.54) is 6.08 Å². The van der Waals surface area contributed by atoms with Crippen LogP contribution in [0.25, 0.3) is 5.57 Å². The van der Waals surface area contributed by atoms with Crippen LogP contribution < -0.4 is 5.73 Å². The number of nitrogen functional groups attached to an aromatic ring is 1. The summed E-state index contributed by atoms with van der Waals surface area (Å²) in [5.74, 6) is 0.257. The number of nitrogens with zero attached hydrogens (tertiary/aromatic N) is 2. The Kier molecular flexibility index (Phi) is 6.33. The SMILES string of the molecule is CCC1CC(=NCC2(C)CCOCC2)C(F)=CC=C1c1cc(N)ncc1Cl. The summed E-state index contributed by atoms with van der Waals surface area (Å²) >= 11 is 6.34. The van der Waals surface area contributed by atoms with E-state index < -0.39 is 0 Å². The van der Waals surface area contributed by atoms with Gasteiger partial charge in [-0.3, -0.25) is 4.99 Å². The van der Waals surface area contributed by atoms with Crippen molar-refractivity contribution in [3.05, 3.63) is 40.8 Å². The van der Waals surface area contributed by atoms with E-state index in [9.17, 15) is 4.39 Å².